The van der Waals surface area contributed by atoms with Crippen LogP contribution in [0.15, 0.2) is 83.1 Å². The zero-order valence-corrected chi connectivity index (χ0v) is 27.5. The van der Waals surface area contributed by atoms with E-state index in [4.69, 9.17) is 46.4 Å². The maximum absolute atomic E-state index is 13.0. The molecule has 0 amide bonds. The first-order valence-electron chi connectivity index (χ1n) is 12.7. The minimum Gasteiger partial charge on any atom is -0.264 e. The molecular formula is C28H25Cl4N5O4S2. The molecule has 0 spiro atoms. The number of hydrogen-bond acceptors (Lipinski definition) is 7. The average molecular weight is 701 g/mol. The van der Waals surface area contributed by atoms with Gasteiger partial charge in [-0.05, 0) is 35.9 Å². The predicted molar refractivity (Wildman–Crippen MR) is 172 cm³/mol. The third kappa shape index (κ3) is 7.55. The highest BCUT2D eigenvalue weighted by Crippen LogP contribution is 2.31. The highest BCUT2D eigenvalue weighted by Gasteiger charge is 2.24. The van der Waals surface area contributed by atoms with Crippen molar-refractivity contribution in [3.63, 3.8) is 0 Å². The van der Waals surface area contributed by atoms with Crippen LogP contribution in [0.5, 0.6) is 0 Å². The molecule has 5 rings (SSSR count). The van der Waals surface area contributed by atoms with Crippen LogP contribution in [0.3, 0.4) is 0 Å². The van der Waals surface area contributed by atoms with Crippen molar-refractivity contribution in [2.45, 2.75) is 30.2 Å². The number of sulfonamides is 2. The van der Waals surface area contributed by atoms with Crippen LogP contribution < -0.4 is 4.72 Å². The molecule has 0 bridgehead atoms. The molecule has 0 aliphatic heterocycles. The summed E-state index contributed by atoms with van der Waals surface area (Å²) in [5, 5.41) is 3.65. The van der Waals surface area contributed by atoms with Crippen molar-refractivity contribution in [2.75, 3.05) is 13.1 Å². The quantitative estimate of drug-likeness (QED) is 0.173. The topological polar surface area (TPSA) is 122 Å². The van der Waals surface area contributed by atoms with Crippen molar-refractivity contribution in [3.05, 3.63) is 99.2 Å². The van der Waals surface area contributed by atoms with E-state index in [9.17, 15) is 16.8 Å². The molecule has 1 N–H and O–H groups in total. The standard InChI is InChI=1S/C17H15Cl2N3O2S.C11H10Cl2N2O2S/c1-2-22(11-12-4-3-7-20-9-12)25(23,24)13-5-6-14-15(8-13)17(19)21-10-16(14)18;1-2-15-18(16,17)7-3-4-8-9(5-7)11(13)14-6-10(8)12/h3-10H,2,11H2,1H3;3-6,15H,2H2,1H3. The average Bonchev–Trinajstić information content (AvgIpc) is 3.00. The highest BCUT2D eigenvalue weighted by atomic mass is 35.5. The van der Waals surface area contributed by atoms with Crippen molar-refractivity contribution in [1.29, 1.82) is 0 Å². The van der Waals surface area contributed by atoms with E-state index in [1.165, 1.54) is 41.0 Å². The van der Waals surface area contributed by atoms with Crippen LogP contribution in [-0.4, -0.2) is 49.2 Å². The maximum atomic E-state index is 13.0. The van der Waals surface area contributed by atoms with E-state index in [1.807, 2.05) is 6.07 Å². The summed E-state index contributed by atoms with van der Waals surface area (Å²) < 4.78 is 53.6. The number of halogens is 4. The zero-order chi connectivity index (χ0) is 31.4. The molecular weight excluding hydrogens is 676 g/mol. The first-order chi connectivity index (χ1) is 20.4. The second kappa shape index (κ2) is 14.0. The molecule has 0 saturated carbocycles. The molecule has 3 heterocycles. The molecule has 0 fully saturated rings. The van der Waals surface area contributed by atoms with Gasteiger partial charge in [0.25, 0.3) is 0 Å². The van der Waals surface area contributed by atoms with Crippen LogP contribution in [0, 0.1) is 0 Å². The second-order valence-corrected chi connectivity index (χ2v) is 14.2. The molecule has 0 atom stereocenters. The Morgan fingerprint density at radius 1 is 0.744 bits per heavy atom. The van der Waals surface area contributed by atoms with Crippen molar-refractivity contribution in [1.82, 2.24) is 24.0 Å². The lowest BCUT2D eigenvalue weighted by atomic mass is 10.2. The molecule has 43 heavy (non-hydrogen) atoms. The molecule has 9 nitrogen and oxygen atoms in total. The zero-order valence-electron chi connectivity index (χ0n) is 22.8. The lowest BCUT2D eigenvalue weighted by Gasteiger charge is -2.21. The van der Waals surface area contributed by atoms with Gasteiger partial charge in [-0.3, -0.25) is 4.98 Å². The molecule has 226 valence electrons. The van der Waals surface area contributed by atoms with Crippen molar-refractivity contribution in [2.24, 2.45) is 0 Å². The first-order valence-corrected chi connectivity index (χ1v) is 17.2. The van der Waals surface area contributed by atoms with E-state index >= 15 is 0 Å². The summed E-state index contributed by atoms with van der Waals surface area (Å²) in [5.41, 5.74) is 0.816. The summed E-state index contributed by atoms with van der Waals surface area (Å²) in [6.45, 7) is 4.40. The normalized spacial score (nSPS) is 12.0. The molecule has 5 aromatic rings. The summed E-state index contributed by atoms with van der Waals surface area (Å²) in [7, 11) is -7.21. The minimum atomic E-state index is -3.69. The summed E-state index contributed by atoms with van der Waals surface area (Å²) >= 11 is 24.1. The first kappa shape index (κ1) is 33.3. The van der Waals surface area contributed by atoms with Crippen molar-refractivity contribution >= 4 is 88.0 Å². The van der Waals surface area contributed by atoms with E-state index in [1.54, 1.807) is 44.4 Å². The lowest BCUT2D eigenvalue weighted by molar-refractivity contribution is 0.423. The van der Waals surface area contributed by atoms with Gasteiger partial charge in [-0.1, -0.05) is 78.5 Å². The Morgan fingerprint density at radius 2 is 1.30 bits per heavy atom. The Morgan fingerprint density at radius 3 is 1.81 bits per heavy atom. The number of pyridine rings is 3. The Labute approximate surface area is 269 Å². The summed E-state index contributed by atoms with van der Waals surface area (Å²) in [4.78, 5) is 12.2. The SMILES string of the molecule is CCN(Cc1cccnc1)S(=O)(=O)c1ccc2c(Cl)cnc(Cl)c2c1.CCNS(=O)(=O)c1ccc2c(Cl)cnc(Cl)c2c1. The van der Waals surface area contributed by atoms with Crippen molar-refractivity contribution in [3.8, 4) is 0 Å². The third-order valence-electron chi connectivity index (χ3n) is 6.24. The molecule has 0 aliphatic carbocycles. The Kier molecular flexibility index (Phi) is 10.8. The Balaban J connectivity index is 0.000000208. The number of benzene rings is 2. The lowest BCUT2D eigenvalue weighted by Crippen LogP contribution is -2.30. The molecule has 15 heteroatoms. The fraction of sp³-hybridized carbons (Fsp3) is 0.179. The highest BCUT2D eigenvalue weighted by molar-refractivity contribution is 7.89. The summed E-state index contributed by atoms with van der Waals surface area (Å²) in [5.74, 6) is 0. The second-order valence-electron chi connectivity index (χ2n) is 9.00. The van der Waals surface area contributed by atoms with Crippen LogP contribution in [0.4, 0.5) is 0 Å². The molecule has 0 aliphatic rings. The molecule has 0 unspecified atom stereocenters. The van der Waals surface area contributed by atoms with Gasteiger partial charge < -0.3 is 0 Å². The van der Waals surface area contributed by atoms with E-state index in [0.717, 1.165) is 5.56 Å². The Hall–Kier alpha value is -2.61. The summed E-state index contributed by atoms with van der Waals surface area (Å²) in [6.07, 6.45) is 6.18. The molecule has 2 aromatic carbocycles. The van der Waals surface area contributed by atoms with E-state index in [2.05, 4.69) is 19.7 Å². The van der Waals surface area contributed by atoms with Gasteiger partial charge in [0.15, 0.2) is 0 Å². The van der Waals surface area contributed by atoms with Crippen LogP contribution in [0.25, 0.3) is 21.5 Å². The number of rotatable bonds is 8. The predicted octanol–water partition coefficient (Wildman–Crippen LogP) is 6.99. The molecule has 0 saturated heterocycles. The maximum Gasteiger partial charge on any atom is 0.243 e. The van der Waals surface area contributed by atoms with Gasteiger partial charge in [-0.2, -0.15) is 4.31 Å². The monoisotopic (exact) mass is 699 g/mol. The van der Waals surface area contributed by atoms with Gasteiger partial charge in [0.05, 0.1) is 19.8 Å². The number of nitrogens with one attached hydrogen (secondary N) is 1. The fourth-order valence-electron chi connectivity index (χ4n) is 4.12. The van der Waals surface area contributed by atoms with Gasteiger partial charge in [-0.15, -0.1) is 0 Å². The van der Waals surface area contributed by atoms with Gasteiger partial charge in [0.1, 0.15) is 10.3 Å². The van der Waals surface area contributed by atoms with Crippen LogP contribution in [0.2, 0.25) is 20.4 Å². The van der Waals surface area contributed by atoms with E-state index in [0.29, 0.717) is 44.7 Å². The van der Waals surface area contributed by atoms with E-state index < -0.39 is 20.0 Å². The number of hydrogen-bond donors (Lipinski definition) is 1. The Bertz CT molecular complexity index is 2000. The van der Waals surface area contributed by atoms with Crippen LogP contribution >= 0.6 is 46.4 Å². The smallest absolute Gasteiger partial charge is 0.243 e. The number of aromatic nitrogens is 3. The van der Waals surface area contributed by atoms with Gasteiger partial charge >= 0.3 is 0 Å². The number of nitrogens with zero attached hydrogens (tertiary/aromatic N) is 4. The number of fused-ring (bicyclic) bond motifs is 2. The van der Waals surface area contributed by atoms with Crippen LogP contribution in [0.1, 0.15) is 19.4 Å². The largest absolute Gasteiger partial charge is 0.264 e. The van der Waals surface area contributed by atoms with E-state index in [-0.39, 0.29) is 26.6 Å². The van der Waals surface area contributed by atoms with Gasteiger partial charge in [0, 0.05) is 66.0 Å². The molecule has 3 aromatic heterocycles. The van der Waals surface area contributed by atoms with Gasteiger partial charge in [0.2, 0.25) is 20.0 Å². The van der Waals surface area contributed by atoms with Crippen LogP contribution in [-0.2, 0) is 26.6 Å². The third-order valence-corrected chi connectivity index (χ3v) is 10.9. The fourth-order valence-corrected chi connectivity index (χ4v) is 7.49. The van der Waals surface area contributed by atoms with Crippen molar-refractivity contribution < 1.29 is 16.8 Å². The van der Waals surface area contributed by atoms with Gasteiger partial charge in [-0.25, -0.2) is 31.5 Å². The minimum absolute atomic E-state index is 0.141. The summed E-state index contributed by atoms with van der Waals surface area (Å²) in [6, 6.07) is 12.9. The molecule has 0 radical (unpaired) electrons.